The Labute approximate surface area is 101 Å². The molecular weight excluding hydrogens is 220 g/mol. The van der Waals surface area contributed by atoms with Gasteiger partial charge < -0.3 is 14.5 Å². The lowest BCUT2D eigenvalue weighted by molar-refractivity contribution is -0.112. The van der Waals surface area contributed by atoms with E-state index in [9.17, 15) is 9.59 Å². The molecule has 1 amide bonds. The second-order valence-corrected chi connectivity index (χ2v) is 4.80. The van der Waals surface area contributed by atoms with Crippen LogP contribution in [0.4, 0.5) is 4.79 Å². The van der Waals surface area contributed by atoms with Crippen LogP contribution in [0.2, 0.25) is 0 Å². The first-order valence-electron chi connectivity index (χ1n) is 5.39. The smallest absolute Gasteiger partial charge is 0.410 e. The molecule has 0 aliphatic carbocycles. The van der Waals surface area contributed by atoms with Gasteiger partial charge in [-0.1, -0.05) is 0 Å². The number of amides is 1. The minimum atomic E-state index is -0.653. The van der Waals surface area contributed by atoms with Crippen molar-refractivity contribution in [3.8, 4) is 0 Å². The Morgan fingerprint density at radius 1 is 1.53 bits per heavy atom. The third kappa shape index (κ3) is 3.62. The van der Waals surface area contributed by atoms with E-state index < -0.39 is 17.7 Å². The molecule has 0 spiro atoms. The average molecular weight is 238 g/mol. The van der Waals surface area contributed by atoms with Crippen molar-refractivity contribution >= 4 is 12.4 Å². The van der Waals surface area contributed by atoms with Gasteiger partial charge in [-0.3, -0.25) is 4.90 Å². The van der Waals surface area contributed by atoms with Gasteiger partial charge in [0.25, 0.3) is 0 Å². The lowest BCUT2D eigenvalue weighted by Gasteiger charge is -2.27. The van der Waals surface area contributed by atoms with E-state index in [4.69, 9.17) is 4.74 Å². The van der Waals surface area contributed by atoms with Crippen molar-refractivity contribution in [2.45, 2.75) is 32.4 Å². The number of hydrogen-bond donors (Lipinski definition) is 1. The third-order valence-electron chi connectivity index (χ3n) is 2.17. The van der Waals surface area contributed by atoms with Crippen molar-refractivity contribution in [1.29, 1.82) is 0 Å². The molecule has 0 radical (unpaired) electrons. The number of H-pyrrole nitrogens is 1. The predicted molar refractivity (Wildman–Crippen MR) is 63.6 cm³/mol. The second kappa shape index (κ2) is 5.03. The van der Waals surface area contributed by atoms with E-state index in [0.29, 0.717) is 12.0 Å². The molecule has 0 bridgehead atoms. The molecule has 0 fully saturated rings. The van der Waals surface area contributed by atoms with Crippen molar-refractivity contribution in [3.63, 3.8) is 0 Å². The van der Waals surface area contributed by atoms with E-state index in [0.717, 1.165) is 0 Å². The Hall–Kier alpha value is -1.78. The van der Waals surface area contributed by atoms with E-state index in [1.165, 1.54) is 11.9 Å². The van der Waals surface area contributed by atoms with Crippen LogP contribution in [0.25, 0.3) is 0 Å². The molecule has 1 heterocycles. The van der Waals surface area contributed by atoms with Crippen molar-refractivity contribution < 1.29 is 14.3 Å². The third-order valence-corrected chi connectivity index (χ3v) is 2.17. The highest BCUT2D eigenvalue weighted by molar-refractivity contribution is 5.74. The first kappa shape index (κ1) is 13.3. The monoisotopic (exact) mass is 238 g/mol. The Kier molecular flexibility index (Phi) is 3.93. The number of aromatic nitrogens is 1. The van der Waals surface area contributed by atoms with Crippen molar-refractivity contribution in [1.82, 2.24) is 9.88 Å². The molecule has 1 atom stereocenters. The molecular formula is C12H18N2O3. The SMILES string of the molecule is CN(C(=O)OC(C)(C)C)C(C=O)c1ccc[nH]1. The number of nitrogens with zero attached hydrogens (tertiary/aromatic N) is 1. The summed E-state index contributed by atoms with van der Waals surface area (Å²) in [6, 6.07) is 2.87. The van der Waals surface area contributed by atoms with Crippen LogP contribution in [-0.2, 0) is 9.53 Å². The van der Waals surface area contributed by atoms with Gasteiger partial charge in [0, 0.05) is 18.9 Å². The molecule has 0 aliphatic rings. The highest BCUT2D eigenvalue weighted by Gasteiger charge is 2.26. The molecule has 0 saturated heterocycles. The fraction of sp³-hybridized carbons (Fsp3) is 0.500. The number of rotatable bonds is 3. The van der Waals surface area contributed by atoms with Crippen molar-refractivity contribution in [3.05, 3.63) is 24.0 Å². The molecule has 1 aromatic rings. The Bertz CT molecular complexity index is 379. The van der Waals surface area contributed by atoms with E-state index >= 15 is 0 Å². The van der Waals surface area contributed by atoms with E-state index in [-0.39, 0.29) is 0 Å². The molecule has 0 saturated carbocycles. The molecule has 17 heavy (non-hydrogen) atoms. The van der Waals surface area contributed by atoms with Gasteiger partial charge in [-0.2, -0.15) is 0 Å². The summed E-state index contributed by atoms with van der Waals surface area (Å²) < 4.78 is 5.19. The molecule has 1 aromatic heterocycles. The summed E-state index contributed by atoms with van der Waals surface area (Å²) in [6.45, 7) is 5.34. The van der Waals surface area contributed by atoms with Gasteiger partial charge in [-0.15, -0.1) is 0 Å². The molecule has 0 aromatic carbocycles. The average Bonchev–Trinajstić information content (AvgIpc) is 2.69. The van der Waals surface area contributed by atoms with Gasteiger partial charge in [0.15, 0.2) is 0 Å². The number of carbonyl (C=O) groups is 2. The van der Waals surface area contributed by atoms with Crippen LogP contribution >= 0.6 is 0 Å². The van der Waals surface area contributed by atoms with Gasteiger partial charge in [-0.05, 0) is 32.9 Å². The van der Waals surface area contributed by atoms with Crippen LogP contribution in [0.3, 0.4) is 0 Å². The Morgan fingerprint density at radius 3 is 2.59 bits per heavy atom. The van der Waals surface area contributed by atoms with Gasteiger partial charge in [0.05, 0.1) is 0 Å². The highest BCUT2D eigenvalue weighted by atomic mass is 16.6. The summed E-state index contributed by atoms with van der Waals surface area (Å²) in [4.78, 5) is 27.0. The molecule has 1 unspecified atom stereocenters. The zero-order valence-electron chi connectivity index (χ0n) is 10.6. The maximum Gasteiger partial charge on any atom is 0.410 e. The van der Waals surface area contributed by atoms with Gasteiger partial charge in [-0.25, -0.2) is 4.79 Å². The zero-order chi connectivity index (χ0) is 13.1. The molecule has 0 aliphatic heterocycles. The molecule has 5 heteroatoms. The fourth-order valence-corrected chi connectivity index (χ4v) is 1.35. The first-order chi connectivity index (χ1) is 7.85. The summed E-state index contributed by atoms with van der Waals surface area (Å²) in [5.74, 6) is 0. The zero-order valence-corrected chi connectivity index (χ0v) is 10.6. The quantitative estimate of drug-likeness (QED) is 0.820. The predicted octanol–water partition coefficient (Wildman–Crippen LogP) is 2.12. The van der Waals surface area contributed by atoms with Gasteiger partial charge in [0.2, 0.25) is 0 Å². The number of hydrogen-bond acceptors (Lipinski definition) is 3. The summed E-state index contributed by atoms with van der Waals surface area (Å²) >= 11 is 0. The lowest BCUT2D eigenvalue weighted by Crippen LogP contribution is -2.37. The van der Waals surface area contributed by atoms with Gasteiger partial charge in [0.1, 0.15) is 17.9 Å². The first-order valence-corrected chi connectivity index (χ1v) is 5.39. The number of carbonyl (C=O) groups excluding carboxylic acids is 2. The van der Waals surface area contributed by atoms with E-state index in [2.05, 4.69) is 4.98 Å². The molecule has 1 N–H and O–H groups in total. The van der Waals surface area contributed by atoms with Crippen LogP contribution < -0.4 is 0 Å². The van der Waals surface area contributed by atoms with E-state index in [1.54, 1.807) is 39.1 Å². The number of likely N-dealkylation sites (N-methyl/N-ethyl adjacent to an activating group) is 1. The molecule has 5 nitrogen and oxygen atoms in total. The van der Waals surface area contributed by atoms with E-state index in [1.807, 2.05) is 0 Å². The largest absolute Gasteiger partial charge is 0.444 e. The minimum absolute atomic E-state index is 0.524. The fourth-order valence-electron chi connectivity index (χ4n) is 1.35. The Balaban J connectivity index is 2.77. The Morgan fingerprint density at radius 2 is 2.18 bits per heavy atom. The highest BCUT2D eigenvalue weighted by Crippen LogP contribution is 2.18. The van der Waals surface area contributed by atoms with Gasteiger partial charge >= 0.3 is 6.09 Å². The van der Waals surface area contributed by atoms with Crippen molar-refractivity contribution in [2.24, 2.45) is 0 Å². The topological polar surface area (TPSA) is 62.4 Å². The van der Waals surface area contributed by atoms with Crippen LogP contribution in [0.15, 0.2) is 18.3 Å². The minimum Gasteiger partial charge on any atom is -0.444 e. The molecule has 1 rings (SSSR count). The van der Waals surface area contributed by atoms with Crippen LogP contribution in [0, 0.1) is 0 Å². The number of aldehydes is 1. The van der Waals surface area contributed by atoms with Crippen LogP contribution in [0.1, 0.15) is 32.5 Å². The lowest BCUT2D eigenvalue weighted by atomic mass is 10.2. The molecule has 94 valence electrons. The summed E-state index contributed by atoms with van der Waals surface area (Å²) in [6.07, 6.45) is 1.88. The standard InChI is InChI=1S/C12H18N2O3/c1-12(2,3)17-11(16)14(4)10(8-15)9-6-5-7-13-9/h5-8,10,13H,1-4H3. The summed E-state index contributed by atoms with van der Waals surface area (Å²) in [5, 5.41) is 0. The maximum atomic E-state index is 11.8. The second-order valence-electron chi connectivity index (χ2n) is 4.80. The normalized spacial score (nSPS) is 12.9. The number of ether oxygens (including phenoxy) is 1. The number of aromatic amines is 1. The maximum absolute atomic E-state index is 11.8. The van der Waals surface area contributed by atoms with Crippen LogP contribution in [-0.4, -0.2) is 34.9 Å². The van der Waals surface area contributed by atoms with Crippen molar-refractivity contribution in [2.75, 3.05) is 7.05 Å². The number of nitrogens with one attached hydrogen (secondary N) is 1. The summed E-state index contributed by atoms with van der Waals surface area (Å²) in [7, 11) is 1.54. The summed E-state index contributed by atoms with van der Waals surface area (Å²) in [5.41, 5.74) is 0.0856. The van der Waals surface area contributed by atoms with Crippen LogP contribution in [0.5, 0.6) is 0 Å².